The Labute approximate surface area is 116 Å². The number of benzene rings is 1. The molecule has 0 bridgehead atoms. The first kappa shape index (κ1) is 15.7. The maximum Gasteiger partial charge on any atom is 0.226 e. The topological polar surface area (TPSA) is 46.3 Å². The molecule has 0 aromatic heterocycles. The van der Waals surface area contributed by atoms with Crippen molar-refractivity contribution >= 4 is 11.6 Å². The van der Waals surface area contributed by atoms with Gasteiger partial charge in [0.15, 0.2) is 0 Å². The summed E-state index contributed by atoms with van der Waals surface area (Å²) in [5, 5.41) is 0. The molecule has 3 heteroatoms. The van der Waals surface area contributed by atoms with Crippen LogP contribution in [0.1, 0.15) is 45.6 Å². The fraction of sp³-hybridized carbons (Fsp3) is 0.562. The fourth-order valence-corrected chi connectivity index (χ4v) is 1.92. The Balaban J connectivity index is 2.67. The van der Waals surface area contributed by atoms with E-state index in [2.05, 4.69) is 32.9 Å². The number of anilines is 1. The minimum absolute atomic E-state index is 0.141. The van der Waals surface area contributed by atoms with Gasteiger partial charge in [0, 0.05) is 19.2 Å². The number of nitrogens with zero attached hydrogens (tertiary/aromatic N) is 1. The van der Waals surface area contributed by atoms with Crippen LogP contribution in [0.2, 0.25) is 0 Å². The SMILES string of the molecule is CN(C(=O)CCCCN)c1ccc(C(C)(C)C)cc1. The third kappa shape index (κ3) is 4.67. The summed E-state index contributed by atoms with van der Waals surface area (Å²) in [4.78, 5) is 13.7. The molecular formula is C16H26N2O. The molecule has 2 N–H and O–H groups in total. The highest BCUT2D eigenvalue weighted by atomic mass is 16.2. The maximum absolute atomic E-state index is 12.0. The van der Waals surface area contributed by atoms with Gasteiger partial charge in [-0.2, -0.15) is 0 Å². The zero-order chi connectivity index (χ0) is 14.5. The summed E-state index contributed by atoms with van der Waals surface area (Å²) in [6.07, 6.45) is 2.33. The highest BCUT2D eigenvalue weighted by molar-refractivity contribution is 5.92. The van der Waals surface area contributed by atoms with E-state index >= 15 is 0 Å². The second kappa shape index (κ2) is 6.71. The van der Waals surface area contributed by atoms with E-state index in [1.807, 2.05) is 19.2 Å². The second-order valence-electron chi connectivity index (χ2n) is 6.00. The van der Waals surface area contributed by atoms with Gasteiger partial charge in [-0.05, 0) is 42.5 Å². The summed E-state index contributed by atoms with van der Waals surface area (Å²) in [5.74, 6) is 0.150. The second-order valence-corrected chi connectivity index (χ2v) is 6.00. The first-order valence-corrected chi connectivity index (χ1v) is 6.93. The number of amides is 1. The van der Waals surface area contributed by atoms with Gasteiger partial charge < -0.3 is 10.6 Å². The van der Waals surface area contributed by atoms with Gasteiger partial charge in [0.25, 0.3) is 0 Å². The maximum atomic E-state index is 12.0. The molecule has 1 amide bonds. The standard InChI is InChI=1S/C16H26N2O/c1-16(2,3)13-8-10-14(11-9-13)18(4)15(19)7-5-6-12-17/h8-11H,5-7,12,17H2,1-4H3. The van der Waals surface area contributed by atoms with E-state index in [4.69, 9.17) is 5.73 Å². The Morgan fingerprint density at radius 1 is 1.16 bits per heavy atom. The quantitative estimate of drug-likeness (QED) is 0.829. The van der Waals surface area contributed by atoms with E-state index < -0.39 is 0 Å². The Bertz CT molecular complexity index is 404. The molecule has 0 unspecified atom stereocenters. The summed E-state index contributed by atoms with van der Waals surface area (Å²) < 4.78 is 0. The van der Waals surface area contributed by atoms with Crippen molar-refractivity contribution in [3.05, 3.63) is 29.8 Å². The molecule has 0 spiro atoms. The molecule has 0 saturated carbocycles. The Kier molecular flexibility index (Phi) is 5.55. The van der Waals surface area contributed by atoms with Crippen molar-refractivity contribution in [1.29, 1.82) is 0 Å². The zero-order valence-electron chi connectivity index (χ0n) is 12.6. The summed E-state index contributed by atoms with van der Waals surface area (Å²) in [6.45, 7) is 7.20. The average Bonchev–Trinajstić information content (AvgIpc) is 2.37. The monoisotopic (exact) mass is 262 g/mol. The molecule has 0 aliphatic rings. The van der Waals surface area contributed by atoms with E-state index in [1.54, 1.807) is 4.90 Å². The molecule has 0 heterocycles. The first-order valence-electron chi connectivity index (χ1n) is 6.93. The number of rotatable bonds is 5. The molecule has 0 aliphatic carbocycles. The van der Waals surface area contributed by atoms with E-state index in [0.717, 1.165) is 18.5 Å². The van der Waals surface area contributed by atoms with Crippen LogP contribution in [0.5, 0.6) is 0 Å². The normalized spacial score (nSPS) is 11.4. The summed E-state index contributed by atoms with van der Waals surface area (Å²) in [5.41, 5.74) is 7.80. The van der Waals surface area contributed by atoms with Crippen molar-refractivity contribution in [1.82, 2.24) is 0 Å². The molecule has 1 rings (SSSR count). The number of hydrogen-bond acceptors (Lipinski definition) is 2. The van der Waals surface area contributed by atoms with Gasteiger partial charge in [-0.25, -0.2) is 0 Å². The summed E-state index contributed by atoms with van der Waals surface area (Å²) in [7, 11) is 1.83. The van der Waals surface area contributed by atoms with Crippen LogP contribution in [0.15, 0.2) is 24.3 Å². The van der Waals surface area contributed by atoms with Crippen LogP contribution in [-0.2, 0) is 10.2 Å². The minimum Gasteiger partial charge on any atom is -0.330 e. The molecule has 106 valence electrons. The van der Waals surface area contributed by atoms with Crippen LogP contribution in [0, 0.1) is 0 Å². The van der Waals surface area contributed by atoms with Gasteiger partial charge >= 0.3 is 0 Å². The predicted octanol–water partition coefficient (Wildman–Crippen LogP) is 3.08. The van der Waals surface area contributed by atoms with Gasteiger partial charge in [0.2, 0.25) is 5.91 Å². The smallest absolute Gasteiger partial charge is 0.226 e. The van der Waals surface area contributed by atoms with Crippen molar-refractivity contribution in [3.8, 4) is 0 Å². The average molecular weight is 262 g/mol. The molecule has 0 radical (unpaired) electrons. The molecule has 1 aromatic carbocycles. The molecule has 0 saturated heterocycles. The Morgan fingerprint density at radius 2 is 1.74 bits per heavy atom. The van der Waals surface area contributed by atoms with Crippen molar-refractivity contribution in [2.24, 2.45) is 5.73 Å². The van der Waals surface area contributed by atoms with Crippen molar-refractivity contribution < 1.29 is 4.79 Å². The largest absolute Gasteiger partial charge is 0.330 e. The number of unbranched alkanes of at least 4 members (excludes halogenated alkanes) is 1. The van der Waals surface area contributed by atoms with Crippen LogP contribution in [-0.4, -0.2) is 19.5 Å². The van der Waals surface area contributed by atoms with Gasteiger partial charge in [0.1, 0.15) is 0 Å². The third-order valence-electron chi connectivity index (χ3n) is 3.34. The molecule has 3 nitrogen and oxygen atoms in total. The highest BCUT2D eigenvalue weighted by Crippen LogP contribution is 2.24. The number of hydrogen-bond donors (Lipinski definition) is 1. The number of nitrogens with two attached hydrogens (primary N) is 1. The Hall–Kier alpha value is -1.35. The van der Waals surface area contributed by atoms with Gasteiger partial charge in [-0.3, -0.25) is 4.79 Å². The van der Waals surface area contributed by atoms with E-state index in [9.17, 15) is 4.79 Å². The van der Waals surface area contributed by atoms with Gasteiger partial charge in [0.05, 0.1) is 0 Å². The van der Waals surface area contributed by atoms with Gasteiger partial charge in [-0.1, -0.05) is 32.9 Å². The zero-order valence-corrected chi connectivity index (χ0v) is 12.6. The number of carbonyl (C=O) groups excluding carboxylic acids is 1. The van der Waals surface area contributed by atoms with Crippen molar-refractivity contribution in [3.63, 3.8) is 0 Å². The molecule has 1 aromatic rings. The lowest BCUT2D eigenvalue weighted by Gasteiger charge is -2.22. The molecule has 0 fully saturated rings. The first-order chi connectivity index (χ1) is 8.86. The lowest BCUT2D eigenvalue weighted by Crippen LogP contribution is -2.26. The van der Waals surface area contributed by atoms with E-state index in [1.165, 1.54) is 5.56 Å². The third-order valence-corrected chi connectivity index (χ3v) is 3.34. The van der Waals surface area contributed by atoms with Crippen LogP contribution in [0.3, 0.4) is 0 Å². The lowest BCUT2D eigenvalue weighted by atomic mass is 9.87. The molecular weight excluding hydrogens is 236 g/mol. The lowest BCUT2D eigenvalue weighted by molar-refractivity contribution is -0.118. The van der Waals surface area contributed by atoms with Crippen LogP contribution >= 0.6 is 0 Å². The minimum atomic E-state index is 0.141. The molecule has 19 heavy (non-hydrogen) atoms. The Morgan fingerprint density at radius 3 is 2.21 bits per heavy atom. The molecule has 0 atom stereocenters. The van der Waals surface area contributed by atoms with E-state index in [0.29, 0.717) is 13.0 Å². The number of carbonyl (C=O) groups is 1. The van der Waals surface area contributed by atoms with Crippen molar-refractivity contribution in [2.75, 3.05) is 18.5 Å². The van der Waals surface area contributed by atoms with E-state index in [-0.39, 0.29) is 11.3 Å². The molecule has 0 aliphatic heterocycles. The van der Waals surface area contributed by atoms with Crippen LogP contribution in [0.4, 0.5) is 5.69 Å². The summed E-state index contributed by atoms with van der Waals surface area (Å²) >= 11 is 0. The van der Waals surface area contributed by atoms with Gasteiger partial charge in [-0.15, -0.1) is 0 Å². The van der Waals surface area contributed by atoms with Crippen LogP contribution in [0.25, 0.3) is 0 Å². The van der Waals surface area contributed by atoms with Crippen LogP contribution < -0.4 is 10.6 Å². The fourth-order valence-electron chi connectivity index (χ4n) is 1.92. The predicted molar refractivity (Wildman–Crippen MR) is 81.5 cm³/mol. The van der Waals surface area contributed by atoms with Crippen molar-refractivity contribution in [2.45, 2.75) is 45.4 Å². The summed E-state index contributed by atoms with van der Waals surface area (Å²) in [6, 6.07) is 8.22. The highest BCUT2D eigenvalue weighted by Gasteiger charge is 2.15.